The van der Waals surface area contributed by atoms with Gasteiger partial charge in [-0.05, 0) is 25.5 Å². The van der Waals surface area contributed by atoms with Gasteiger partial charge in [0.05, 0.1) is 18.0 Å². The lowest BCUT2D eigenvalue weighted by molar-refractivity contribution is -0.116. The van der Waals surface area contributed by atoms with Crippen molar-refractivity contribution in [2.75, 3.05) is 22.4 Å². The monoisotopic (exact) mass is 388 g/mol. The molecule has 0 saturated heterocycles. The molecule has 1 unspecified atom stereocenters. The highest BCUT2D eigenvalue weighted by Crippen LogP contribution is 2.41. The second-order valence-electron chi connectivity index (χ2n) is 6.03. The third-order valence-electron chi connectivity index (χ3n) is 4.25. The number of ketones is 1. The number of benzene rings is 2. The number of fused-ring (bicyclic) bond motifs is 1. The number of hydrogen-bond acceptors (Lipinski definition) is 5. The van der Waals surface area contributed by atoms with Crippen molar-refractivity contribution in [3.05, 3.63) is 53.6 Å². The van der Waals surface area contributed by atoms with Gasteiger partial charge in [0.2, 0.25) is 15.9 Å². The molecule has 1 heterocycles. The molecule has 1 aliphatic heterocycles. The lowest BCUT2D eigenvalue weighted by Crippen LogP contribution is -2.21. The average molecular weight is 388 g/mol. The van der Waals surface area contributed by atoms with Crippen molar-refractivity contribution in [2.24, 2.45) is 0 Å². The predicted octanol–water partition coefficient (Wildman–Crippen LogP) is 2.77. The van der Waals surface area contributed by atoms with Crippen LogP contribution in [0.15, 0.2) is 42.5 Å². The SMILES string of the molecule is CCOc1cc2c(cc1NS(=O)(=O)CC)C(C(=O)c1ccccc1)C(=O)N2. The summed E-state index contributed by atoms with van der Waals surface area (Å²) in [5.41, 5.74) is 1.48. The minimum atomic E-state index is -3.55. The number of rotatable bonds is 7. The number of nitrogens with one attached hydrogen (secondary N) is 2. The molecule has 7 nitrogen and oxygen atoms in total. The van der Waals surface area contributed by atoms with Gasteiger partial charge in [-0.2, -0.15) is 0 Å². The number of anilines is 2. The molecule has 0 fully saturated rings. The summed E-state index contributed by atoms with van der Waals surface area (Å²) in [6, 6.07) is 11.6. The first kappa shape index (κ1) is 18.9. The molecule has 27 heavy (non-hydrogen) atoms. The first-order chi connectivity index (χ1) is 12.9. The number of hydrogen-bond donors (Lipinski definition) is 2. The Kier molecular flexibility index (Phi) is 5.18. The molecule has 3 rings (SSSR count). The van der Waals surface area contributed by atoms with Crippen molar-refractivity contribution in [2.45, 2.75) is 19.8 Å². The van der Waals surface area contributed by atoms with Gasteiger partial charge in [0.1, 0.15) is 11.7 Å². The van der Waals surface area contributed by atoms with Crippen molar-refractivity contribution in [3.8, 4) is 5.75 Å². The zero-order valence-electron chi connectivity index (χ0n) is 15.0. The number of carbonyl (C=O) groups excluding carboxylic acids is 2. The van der Waals surface area contributed by atoms with Crippen LogP contribution in [-0.4, -0.2) is 32.5 Å². The van der Waals surface area contributed by atoms with Crippen molar-refractivity contribution in [1.82, 2.24) is 0 Å². The highest BCUT2D eigenvalue weighted by atomic mass is 32.2. The first-order valence-electron chi connectivity index (χ1n) is 8.57. The summed E-state index contributed by atoms with van der Waals surface area (Å²) in [4.78, 5) is 25.3. The molecule has 2 N–H and O–H groups in total. The van der Waals surface area contributed by atoms with E-state index in [4.69, 9.17) is 4.74 Å². The van der Waals surface area contributed by atoms with Crippen molar-refractivity contribution < 1.29 is 22.7 Å². The Hall–Kier alpha value is -2.87. The van der Waals surface area contributed by atoms with E-state index < -0.39 is 21.8 Å². The van der Waals surface area contributed by atoms with E-state index in [2.05, 4.69) is 10.0 Å². The summed E-state index contributed by atoms with van der Waals surface area (Å²) in [5.74, 6) is -1.65. The van der Waals surface area contributed by atoms with Crippen molar-refractivity contribution >= 4 is 33.1 Å². The van der Waals surface area contributed by atoms with Crippen LogP contribution in [0.4, 0.5) is 11.4 Å². The number of amides is 1. The van der Waals surface area contributed by atoms with Gasteiger partial charge in [0.25, 0.3) is 0 Å². The van der Waals surface area contributed by atoms with Gasteiger partial charge >= 0.3 is 0 Å². The van der Waals surface area contributed by atoms with Crippen LogP contribution < -0.4 is 14.8 Å². The third kappa shape index (κ3) is 3.80. The Bertz CT molecular complexity index is 987. The molecular weight excluding hydrogens is 368 g/mol. The van der Waals surface area contributed by atoms with E-state index in [1.54, 1.807) is 43.3 Å². The molecule has 0 radical (unpaired) electrons. The van der Waals surface area contributed by atoms with E-state index >= 15 is 0 Å². The zero-order chi connectivity index (χ0) is 19.6. The molecule has 2 aromatic carbocycles. The standard InChI is InChI=1S/C19H20N2O5S/c1-3-26-16-11-14-13(10-15(16)21-27(24,25)4-2)17(19(23)20-14)18(22)12-8-6-5-7-9-12/h5-11,17,21H,3-4H2,1-2H3,(H,20,23). The molecule has 0 aliphatic carbocycles. The summed E-state index contributed by atoms with van der Waals surface area (Å²) in [6.45, 7) is 3.61. The maximum Gasteiger partial charge on any atom is 0.239 e. The van der Waals surface area contributed by atoms with Gasteiger partial charge in [0, 0.05) is 17.3 Å². The molecule has 0 bridgehead atoms. The minimum Gasteiger partial charge on any atom is -0.492 e. The fourth-order valence-electron chi connectivity index (χ4n) is 2.91. The quantitative estimate of drug-likeness (QED) is 0.561. The van der Waals surface area contributed by atoms with E-state index in [9.17, 15) is 18.0 Å². The van der Waals surface area contributed by atoms with Gasteiger partial charge in [-0.25, -0.2) is 8.42 Å². The second kappa shape index (κ2) is 7.40. The van der Waals surface area contributed by atoms with E-state index in [1.165, 1.54) is 13.0 Å². The molecule has 2 aromatic rings. The molecule has 0 aromatic heterocycles. The van der Waals surface area contributed by atoms with E-state index in [1.807, 2.05) is 0 Å². The summed E-state index contributed by atoms with van der Waals surface area (Å²) in [5, 5.41) is 2.68. The van der Waals surface area contributed by atoms with Crippen LogP contribution in [-0.2, 0) is 14.8 Å². The lowest BCUT2D eigenvalue weighted by atomic mass is 9.91. The molecule has 8 heteroatoms. The maximum atomic E-state index is 12.9. The molecular formula is C19H20N2O5S. The van der Waals surface area contributed by atoms with E-state index in [0.717, 1.165) is 0 Å². The molecule has 1 amide bonds. The van der Waals surface area contributed by atoms with Crippen LogP contribution in [0.2, 0.25) is 0 Å². The summed E-state index contributed by atoms with van der Waals surface area (Å²) in [6.07, 6.45) is 0. The zero-order valence-corrected chi connectivity index (χ0v) is 15.8. The fourth-order valence-corrected chi connectivity index (χ4v) is 3.55. The number of carbonyl (C=O) groups is 2. The summed E-state index contributed by atoms with van der Waals surface area (Å²) in [7, 11) is -3.55. The van der Waals surface area contributed by atoms with Crippen molar-refractivity contribution in [1.29, 1.82) is 0 Å². The third-order valence-corrected chi connectivity index (χ3v) is 5.54. The van der Waals surface area contributed by atoms with Gasteiger partial charge in [-0.3, -0.25) is 14.3 Å². The maximum absolute atomic E-state index is 12.9. The Morgan fingerprint density at radius 2 is 1.89 bits per heavy atom. The molecule has 1 aliphatic rings. The van der Waals surface area contributed by atoms with Crippen molar-refractivity contribution in [3.63, 3.8) is 0 Å². The van der Waals surface area contributed by atoms with Crippen LogP contribution in [0.25, 0.3) is 0 Å². The highest BCUT2D eigenvalue weighted by Gasteiger charge is 2.38. The first-order valence-corrected chi connectivity index (χ1v) is 10.2. The molecule has 0 spiro atoms. The number of sulfonamides is 1. The van der Waals surface area contributed by atoms with Crippen LogP contribution in [0, 0.1) is 0 Å². The van der Waals surface area contributed by atoms with Gasteiger partial charge in [-0.15, -0.1) is 0 Å². The largest absolute Gasteiger partial charge is 0.492 e. The van der Waals surface area contributed by atoms with Crippen LogP contribution in [0.1, 0.15) is 35.7 Å². The Balaban J connectivity index is 2.07. The Labute approximate surface area is 157 Å². The van der Waals surface area contributed by atoms with Crippen LogP contribution >= 0.6 is 0 Å². The lowest BCUT2D eigenvalue weighted by Gasteiger charge is -2.15. The van der Waals surface area contributed by atoms with Gasteiger partial charge < -0.3 is 10.1 Å². The fraction of sp³-hybridized carbons (Fsp3) is 0.263. The number of ether oxygens (including phenoxy) is 1. The normalized spacial score (nSPS) is 15.8. The molecule has 1 atom stereocenters. The highest BCUT2D eigenvalue weighted by molar-refractivity contribution is 7.92. The second-order valence-corrected chi connectivity index (χ2v) is 8.04. The van der Waals surface area contributed by atoms with Crippen LogP contribution in [0.5, 0.6) is 5.75 Å². The minimum absolute atomic E-state index is 0.112. The average Bonchev–Trinajstić information content (AvgIpc) is 2.97. The predicted molar refractivity (Wildman–Crippen MR) is 103 cm³/mol. The molecule has 142 valence electrons. The summed E-state index contributed by atoms with van der Waals surface area (Å²) < 4.78 is 32.0. The van der Waals surface area contributed by atoms with E-state index in [0.29, 0.717) is 29.2 Å². The smallest absolute Gasteiger partial charge is 0.239 e. The Morgan fingerprint density at radius 3 is 2.52 bits per heavy atom. The Morgan fingerprint density at radius 1 is 1.19 bits per heavy atom. The van der Waals surface area contributed by atoms with Gasteiger partial charge in [0.15, 0.2) is 5.78 Å². The topological polar surface area (TPSA) is 102 Å². The summed E-state index contributed by atoms with van der Waals surface area (Å²) >= 11 is 0. The van der Waals surface area contributed by atoms with Gasteiger partial charge in [-0.1, -0.05) is 30.3 Å². The van der Waals surface area contributed by atoms with Crippen LogP contribution in [0.3, 0.4) is 0 Å². The number of Topliss-reactive ketones (excluding diaryl/α,β-unsaturated/α-hetero) is 1. The molecule has 0 saturated carbocycles. The van der Waals surface area contributed by atoms with E-state index in [-0.39, 0.29) is 17.2 Å².